The number of thioether (sulfide) groups is 1. The van der Waals surface area contributed by atoms with Crippen LogP contribution in [0, 0.1) is 6.92 Å². The molecule has 140 valence electrons. The number of aryl methyl sites for hydroxylation is 2. The Hall–Kier alpha value is -2.81. The number of hydrogen-bond acceptors (Lipinski definition) is 6. The molecule has 0 atom stereocenters. The van der Waals surface area contributed by atoms with Crippen molar-refractivity contribution in [3.05, 3.63) is 41.3 Å². The highest BCUT2D eigenvalue weighted by molar-refractivity contribution is 7.98. The monoisotopic (exact) mass is 384 g/mol. The number of carbonyl (C=O) groups is 1. The highest BCUT2D eigenvalue weighted by Gasteiger charge is 2.29. The zero-order valence-corrected chi connectivity index (χ0v) is 16.2. The third-order valence-electron chi connectivity index (χ3n) is 4.58. The van der Waals surface area contributed by atoms with E-state index in [9.17, 15) is 4.79 Å². The smallest absolute Gasteiger partial charge is 0.322 e. The first-order valence-corrected chi connectivity index (χ1v) is 9.83. The Balaban J connectivity index is 1.56. The lowest BCUT2D eigenvalue weighted by Crippen LogP contribution is -2.39. The molecule has 0 spiro atoms. The number of benzene rings is 1. The Morgan fingerprint density at radius 1 is 1.37 bits per heavy atom. The average Bonchev–Trinajstić information content (AvgIpc) is 3.25. The minimum absolute atomic E-state index is 0.129. The van der Waals surface area contributed by atoms with Crippen LogP contribution in [0.3, 0.4) is 0 Å². The van der Waals surface area contributed by atoms with Crippen molar-refractivity contribution in [2.24, 2.45) is 7.05 Å². The van der Waals surface area contributed by atoms with Crippen LogP contribution in [0.1, 0.15) is 17.1 Å². The number of nitrogens with one attached hydrogen (secondary N) is 1. The lowest BCUT2D eigenvalue weighted by atomic mass is 10.1. The maximum absolute atomic E-state index is 12.8. The molecule has 2 aromatic heterocycles. The molecule has 0 aliphatic carbocycles. The number of carbonyl (C=O) groups excluding carboxylic acids is 1. The van der Waals surface area contributed by atoms with Gasteiger partial charge in [-0.3, -0.25) is 4.68 Å². The third kappa shape index (κ3) is 3.42. The second kappa shape index (κ2) is 7.07. The molecule has 3 heterocycles. The van der Waals surface area contributed by atoms with Gasteiger partial charge in [-0.15, -0.1) is 11.8 Å². The van der Waals surface area contributed by atoms with Crippen LogP contribution >= 0.6 is 11.8 Å². The topological polar surface area (TPSA) is 89.1 Å². The van der Waals surface area contributed by atoms with Gasteiger partial charge in [0.15, 0.2) is 11.5 Å². The van der Waals surface area contributed by atoms with Crippen molar-refractivity contribution in [2.45, 2.75) is 24.8 Å². The lowest BCUT2D eigenvalue weighted by molar-refractivity contribution is 0.206. The highest BCUT2D eigenvalue weighted by atomic mass is 32.2. The summed E-state index contributed by atoms with van der Waals surface area (Å²) in [5.41, 5.74) is 3.49. The standard InChI is InChI=1S/C18H20N6O2S/c1-11-19-17(26-22-11)16-14-10-24(8-7-15(14)23(2)21-16)18(25)20-12-5-4-6-13(9-12)27-3/h4-6,9H,7-8,10H2,1-3H3,(H,20,25). The molecule has 0 saturated heterocycles. The summed E-state index contributed by atoms with van der Waals surface area (Å²) in [7, 11) is 1.90. The summed E-state index contributed by atoms with van der Waals surface area (Å²) in [4.78, 5) is 19.9. The molecule has 3 aromatic rings. The summed E-state index contributed by atoms with van der Waals surface area (Å²) in [6.45, 7) is 2.85. The van der Waals surface area contributed by atoms with E-state index in [0.29, 0.717) is 30.5 Å². The van der Waals surface area contributed by atoms with Crippen molar-refractivity contribution in [1.82, 2.24) is 24.8 Å². The average molecular weight is 384 g/mol. The summed E-state index contributed by atoms with van der Waals surface area (Å²) < 4.78 is 7.12. The molecule has 2 amide bonds. The van der Waals surface area contributed by atoms with Crippen molar-refractivity contribution in [3.8, 4) is 11.6 Å². The molecule has 9 heteroatoms. The predicted octanol–water partition coefficient (Wildman–Crippen LogP) is 3.09. The normalized spacial score (nSPS) is 13.5. The molecule has 1 N–H and O–H groups in total. The van der Waals surface area contributed by atoms with Crippen LogP contribution in [0.2, 0.25) is 0 Å². The van der Waals surface area contributed by atoms with E-state index in [1.165, 1.54) is 0 Å². The summed E-state index contributed by atoms with van der Waals surface area (Å²) in [6.07, 6.45) is 2.74. The third-order valence-corrected chi connectivity index (χ3v) is 5.31. The number of anilines is 1. The molecule has 1 aliphatic heterocycles. The second-order valence-corrected chi connectivity index (χ2v) is 7.26. The number of hydrogen-bond donors (Lipinski definition) is 1. The van der Waals surface area contributed by atoms with Crippen LogP contribution in [-0.2, 0) is 20.0 Å². The molecule has 4 rings (SSSR count). The highest BCUT2D eigenvalue weighted by Crippen LogP contribution is 2.29. The summed E-state index contributed by atoms with van der Waals surface area (Å²) in [5.74, 6) is 0.947. The predicted molar refractivity (Wildman–Crippen MR) is 103 cm³/mol. The van der Waals surface area contributed by atoms with Crippen LogP contribution in [0.4, 0.5) is 10.5 Å². The number of amides is 2. The van der Waals surface area contributed by atoms with E-state index in [1.54, 1.807) is 23.6 Å². The number of aromatic nitrogens is 4. The Morgan fingerprint density at radius 2 is 2.22 bits per heavy atom. The quantitative estimate of drug-likeness (QED) is 0.698. The maximum atomic E-state index is 12.8. The summed E-state index contributed by atoms with van der Waals surface area (Å²) in [5, 5.41) is 11.4. The first kappa shape index (κ1) is 17.6. The molecular formula is C18H20N6O2S. The van der Waals surface area contributed by atoms with Crippen molar-refractivity contribution in [3.63, 3.8) is 0 Å². The minimum Gasteiger partial charge on any atom is -0.332 e. The van der Waals surface area contributed by atoms with Gasteiger partial charge in [-0.25, -0.2) is 4.79 Å². The Kier molecular flexibility index (Phi) is 4.61. The van der Waals surface area contributed by atoms with E-state index in [2.05, 4.69) is 20.6 Å². The van der Waals surface area contributed by atoms with E-state index >= 15 is 0 Å². The fraction of sp³-hybridized carbons (Fsp3) is 0.333. The maximum Gasteiger partial charge on any atom is 0.322 e. The molecule has 0 fully saturated rings. The largest absolute Gasteiger partial charge is 0.332 e. The first-order valence-electron chi connectivity index (χ1n) is 8.60. The second-order valence-electron chi connectivity index (χ2n) is 6.38. The van der Waals surface area contributed by atoms with E-state index in [-0.39, 0.29) is 6.03 Å². The van der Waals surface area contributed by atoms with Crippen LogP contribution < -0.4 is 5.32 Å². The molecule has 0 radical (unpaired) electrons. The number of urea groups is 1. The Bertz CT molecular complexity index is 996. The molecule has 0 bridgehead atoms. The van der Waals surface area contributed by atoms with Gasteiger partial charge in [0, 0.05) is 41.9 Å². The van der Waals surface area contributed by atoms with E-state index in [4.69, 9.17) is 4.52 Å². The van der Waals surface area contributed by atoms with Crippen molar-refractivity contribution < 1.29 is 9.32 Å². The van der Waals surface area contributed by atoms with Crippen LogP contribution in [-0.4, -0.2) is 43.7 Å². The Labute approximate surface area is 160 Å². The molecule has 27 heavy (non-hydrogen) atoms. The first-order chi connectivity index (χ1) is 13.0. The number of fused-ring (bicyclic) bond motifs is 1. The van der Waals surface area contributed by atoms with E-state index in [1.807, 2.05) is 42.3 Å². The molecular weight excluding hydrogens is 364 g/mol. The Morgan fingerprint density at radius 3 is 2.96 bits per heavy atom. The molecule has 0 saturated carbocycles. The lowest BCUT2D eigenvalue weighted by Gasteiger charge is -2.27. The zero-order valence-electron chi connectivity index (χ0n) is 15.4. The van der Waals surface area contributed by atoms with Crippen LogP contribution in [0.25, 0.3) is 11.6 Å². The molecule has 8 nitrogen and oxygen atoms in total. The SMILES string of the molecule is CSc1cccc(NC(=O)N2CCc3c(c(-c4nc(C)no4)nn3C)C2)c1. The molecule has 1 aromatic carbocycles. The van der Waals surface area contributed by atoms with Gasteiger partial charge in [-0.2, -0.15) is 10.1 Å². The number of rotatable bonds is 3. The fourth-order valence-corrected chi connectivity index (χ4v) is 3.69. The van der Waals surface area contributed by atoms with Gasteiger partial charge in [0.25, 0.3) is 5.89 Å². The van der Waals surface area contributed by atoms with Gasteiger partial charge in [0.2, 0.25) is 0 Å². The van der Waals surface area contributed by atoms with Crippen molar-refractivity contribution in [2.75, 3.05) is 18.1 Å². The van der Waals surface area contributed by atoms with E-state index in [0.717, 1.165) is 28.3 Å². The van der Waals surface area contributed by atoms with Gasteiger partial charge in [-0.05, 0) is 31.4 Å². The zero-order chi connectivity index (χ0) is 19.0. The summed E-state index contributed by atoms with van der Waals surface area (Å²) in [6, 6.07) is 7.68. The van der Waals surface area contributed by atoms with Gasteiger partial charge < -0.3 is 14.7 Å². The van der Waals surface area contributed by atoms with Crippen molar-refractivity contribution >= 4 is 23.5 Å². The van der Waals surface area contributed by atoms with E-state index < -0.39 is 0 Å². The summed E-state index contributed by atoms with van der Waals surface area (Å²) >= 11 is 1.64. The van der Waals surface area contributed by atoms with Gasteiger partial charge in [-0.1, -0.05) is 11.2 Å². The molecule has 1 aliphatic rings. The van der Waals surface area contributed by atoms with Crippen LogP contribution in [0.15, 0.2) is 33.7 Å². The minimum atomic E-state index is -0.129. The van der Waals surface area contributed by atoms with Gasteiger partial charge in [0.05, 0.1) is 6.54 Å². The fourth-order valence-electron chi connectivity index (χ4n) is 3.23. The van der Waals surface area contributed by atoms with Crippen LogP contribution in [0.5, 0.6) is 0 Å². The molecule has 0 unspecified atom stereocenters. The van der Waals surface area contributed by atoms with Gasteiger partial charge >= 0.3 is 6.03 Å². The van der Waals surface area contributed by atoms with Crippen molar-refractivity contribution in [1.29, 1.82) is 0 Å². The number of nitrogens with zero attached hydrogens (tertiary/aromatic N) is 5. The van der Waals surface area contributed by atoms with Gasteiger partial charge in [0.1, 0.15) is 0 Å².